The molecule has 35 heavy (non-hydrogen) atoms. The third-order valence-corrected chi connectivity index (χ3v) is 7.44. The van der Waals surface area contributed by atoms with Gasteiger partial charge in [-0.15, -0.1) is 0 Å². The monoisotopic (exact) mass is 534 g/mol. The van der Waals surface area contributed by atoms with Crippen LogP contribution in [0.3, 0.4) is 0 Å². The van der Waals surface area contributed by atoms with E-state index in [1.165, 1.54) is 43.0 Å². The number of amides is 2. The zero-order valence-electron chi connectivity index (χ0n) is 19.1. The highest BCUT2D eigenvalue weighted by atomic mass is 35.5. The summed E-state index contributed by atoms with van der Waals surface area (Å²) in [5.41, 5.74) is 2.39. The number of rotatable bonds is 7. The topological polar surface area (TPSA) is 134 Å². The number of amidine groups is 1. The molecule has 184 valence electrons. The van der Waals surface area contributed by atoms with E-state index >= 15 is 0 Å². The van der Waals surface area contributed by atoms with Gasteiger partial charge in [0.1, 0.15) is 6.04 Å². The van der Waals surface area contributed by atoms with Crippen LogP contribution in [0.1, 0.15) is 32.4 Å². The molecule has 1 heterocycles. The van der Waals surface area contributed by atoms with Crippen LogP contribution in [-0.4, -0.2) is 36.9 Å². The van der Waals surface area contributed by atoms with Crippen molar-refractivity contribution >= 4 is 61.8 Å². The van der Waals surface area contributed by atoms with Crippen LogP contribution in [0.5, 0.6) is 0 Å². The van der Waals surface area contributed by atoms with Gasteiger partial charge in [-0.3, -0.25) is 14.4 Å². The summed E-state index contributed by atoms with van der Waals surface area (Å²) in [4.78, 5) is 40.3. The van der Waals surface area contributed by atoms with E-state index in [0.29, 0.717) is 27.1 Å². The van der Waals surface area contributed by atoms with Crippen molar-refractivity contribution in [1.29, 1.82) is 0 Å². The van der Waals surface area contributed by atoms with E-state index in [1.807, 2.05) is 16.9 Å². The Morgan fingerprint density at radius 3 is 2.26 bits per heavy atom. The fourth-order valence-corrected chi connectivity index (χ4v) is 5.22. The lowest BCUT2D eigenvalue weighted by Crippen LogP contribution is -2.30. The molecule has 1 atom stereocenters. The molecular weight excluding hydrogens is 512 g/mol. The van der Waals surface area contributed by atoms with Crippen molar-refractivity contribution in [2.75, 3.05) is 11.1 Å². The number of halogens is 1. The SMILES string of the molecule is CC(=O)NS(=O)(=O)c1ccc(NC(=O)CSC2=NC(c3ccc(Cl)cc3)C(C(C)=O)=C(C)N2)cc1. The number of aliphatic imine (C=N–C) groups is 1. The van der Waals surface area contributed by atoms with Crippen molar-refractivity contribution in [2.24, 2.45) is 4.99 Å². The van der Waals surface area contributed by atoms with Crippen molar-refractivity contribution in [2.45, 2.75) is 31.7 Å². The lowest BCUT2D eigenvalue weighted by atomic mass is 9.94. The molecule has 0 radical (unpaired) electrons. The van der Waals surface area contributed by atoms with Crippen LogP contribution in [0.4, 0.5) is 5.69 Å². The van der Waals surface area contributed by atoms with E-state index in [2.05, 4.69) is 15.6 Å². The predicted octanol–water partition coefficient (Wildman–Crippen LogP) is 3.40. The summed E-state index contributed by atoms with van der Waals surface area (Å²) in [7, 11) is -3.95. The van der Waals surface area contributed by atoms with Gasteiger partial charge in [0, 0.05) is 28.9 Å². The molecule has 3 N–H and O–H groups in total. The van der Waals surface area contributed by atoms with Gasteiger partial charge in [0.15, 0.2) is 11.0 Å². The number of thioether (sulfide) groups is 1. The number of nitrogens with zero attached hydrogens (tertiary/aromatic N) is 1. The van der Waals surface area contributed by atoms with Gasteiger partial charge in [0.2, 0.25) is 11.8 Å². The molecule has 0 fully saturated rings. The summed E-state index contributed by atoms with van der Waals surface area (Å²) < 4.78 is 25.9. The number of carbonyl (C=O) groups is 3. The summed E-state index contributed by atoms with van der Waals surface area (Å²) in [6, 6.07) is 12.0. The Bertz CT molecular complexity index is 1320. The van der Waals surface area contributed by atoms with E-state index in [-0.39, 0.29) is 22.3 Å². The Morgan fingerprint density at radius 2 is 1.69 bits per heavy atom. The number of hydrogen-bond donors (Lipinski definition) is 3. The quantitative estimate of drug-likeness (QED) is 0.495. The van der Waals surface area contributed by atoms with E-state index in [0.717, 1.165) is 12.5 Å². The van der Waals surface area contributed by atoms with Gasteiger partial charge in [-0.1, -0.05) is 35.5 Å². The molecule has 2 aromatic rings. The smallest absolute Gasteiger partial charge is 0.264 e. The number of hydrogen-bond acceptors (Lipinski definition) is 8. The molecule has 0 spiro atoms. The van der Waals surface area contributed by atoms with Gasteiger partial charge in [0.25, 0.3) is 10.0 Å². The first-order valence-electron chi connectivity index (χ1n) is 10.3. The fraction of sp³-hybridized carbons (Fsp3) is 0.217. The fourth-order valence-electron chi connectivity index (χ4n) is 3.36. The lowest BCUT2D eigenvalue weighted by molar-refractivity contribution is -0.117. The largest absolute Gasteiger partial charge is 0.338 e. The second-order valence-corrected chi connectivity index (χ2v) is 10.7. The Kier molecular flexibility index (Phi) is 8.36. The first-order chi connectivity index (χ1) is 16.5. The third kappa shape index (κ3) is 6.93. The number of nitrogens with one attached hydrogen (secondary N) is 3. The number of anilines is 1. The first kappa shape index (κ1) is 26.5. The van der Waals surface area contributed by atoms with Crippen LogP contribution in [-0.2, 0) is 24.4 Å². The van der Waals surface area contributed by atoms with Crippen molar-refractivity contribution in [3.63, 3.8) is 0 Å². The van der Waals surface area contributed by atoms with E-state index in [1.54, 1.807) is 19.1 Å². The molecule has 3 rings (SSSR count). The summed E-state index contributed by atoms with van der Waals surface area (Å²) in [6.45, 7) is 4.37. The van der Waals surface area contributed by atoms with E-state index in [4.69, 9.17) is 11.6 Å². The maximum absolute atomic E-state index is 12.5. The minimum Gasteiger partial charge on any atom is -0.338 e. The first-order valence-corrected chi connectivity index (χ1v) is 13.2. The van der Waals surface area contributed by atoms with Crippen molar-refractivity contribution in [3.8, 4) is 0 Å². The van der Waals surface area contributed by atoms with Crippen LogP contribution < -0.4 is 15.4 Å². The highest BCUT2D eigenvalue weighted by Crippen LogP contribution is 2.33. The van der Waals surface area contributed by atoms with Gasteiger partial charge < -0.3 is 10.6 Å². The Hall–Kier alpha value is -3.15. The molecule has 9 nitrogen and oxygen atoms in total. The van der Waals surface area contributed by atoms with Gasteiger partial charge >= 0.3 is 0 Å². The summed E-state index contributed by atoms with van der Waals surface area (Å²) in [5.74, 6) is -1.12. The van der Waals surface area contributed by atoms with Crippen LogP contribution >= 0.6 is 23.4 Å². The maximum Gasteiger partial charge on any atom is 0.264 e. The van der Waals surface area contributed by atoms with Crippen molar-refractivity contribution < 1.29 is 22.8 Å². The average molecular weight is 535 g/mol. The zero-order valence-corrected chi connectivity index (χ0v) is 21.5. The Labute approximate surface area is 212 Å². The number of sulfonamides is 1. The van der Waals surface area contributed by atoms with Gasteiger partial charge in [-0.2, -0.15) is 0 Å². The molecule has 2 amide bonds. The molecule has 0 aliphatic carbocycles. The van der Waals surface area contributed by atoms with Crippen molar-refractivity contribution in [1.82, 2.24) is 10.0 Å². The van der Waals surface area contributed by atoms with E-state index in [9.17, 15) is 22.8 Å². The molecular formula is C23H23ClN4O5S2. The van der Waals surface area contributed by atoms with Gasteiger partial charge in [-0.25, -0.2) is 18.1 Å². The van der Waals surface area contributed by atoms with Crippen LogP contribution in [0.2, 0.25) is 5.02 Å². The maximum atomic E-state index is 12.5. The second-order valence-electron chi connectivity index (χ2n) is 7.63. The summed E-state index contributed by atoms with van der Waals surface area (Å²) in [6.07, 6.45) is 0. The summed E-state index contributed by atoms with van der Waals surface area (Å²) >= 11 is 7.16. The van der Waals surface area contributed by atoms with E-state index < -0.39 is 22.0 Å². The molecule has 0 saturated heterocycles. The standard InChI is InChI=1S/C23H23ClN4O5S2/c1-13-21(14(2)29)22(16-4-6-17(24)7-5-16)27-23(25-13)34-12-20(31)26-18-8-10-19(11-9-18)35(32,33)28-15(3)30/h4-11,22H,12H2,1-3H3,(H,25,27)(H,26,31)(H,28,30). The number of ketones is 1. The normalized spacial score (nSPS) is 15.7. The molecule has 1 unspecified atom stereocenters. The number of Topliss-reactive ketones (excluding diaryl/α,β-unsaturated/α-hetero) is 1. The third-order valence-electron chi connectivity index (χ3n) is 4.85. The van der Waals surface area contributed by atoms with Crippen LogP contribution in [0.15, 0.2) is 69.7 Å². The lowest BCUT2D eigenvalue weighted by Gasteiger charge is -2.25. The zero-order chi connectivity index (χ0) is 25.8. The molecule has 1 aliphatic rings. The number of allylic oxidation sites excluding steroid dienone is 1. The highest BCUT2D eigenvalue weighted by Gasteiger charge is 2.27. The Balaban J connectivity index is 1.67. The molecule has 1 aliphatic heterocycles. The van der Waals surface area contributed by atoms with Crippen LogP contribution in [0.25, 0.3) is 0 Å². The molecule has 0 bridgehead atoms. The minimum absolute atomic E-state index is 0.0216. The van der Waals surface area contributed by atoms with Crippen LogP contribution in [0, 0.1) is 0 Å². The predicted molar refractivity (Wildman–Crippen MR) is 137 cm³/mol. The molecule has 0 aromatic heterocycles. The summed E-state index contributed by atoms with van der Waals surface area (Å²) in [5, 5.41) is 6.82. The second kappa shape index (κ2) is 11.1. The highest BCUT2D eigenvalue weighted by molar-refractivity contribution is 8.14. The van der Waals surface area contributed by atoms with Gasteiger partial charge in [-0.05, 0) is 55.8 Å². The van der Waals surface area contributed by atoms with Crippen molar-refractivity contribution in [3.05, 3.63) is 70.4 Å². The number of benzene rings is 2. The molecule has 2 aromatic carbocycles. The molecule has 0 saturated carbocycles. The minimum atomic E-state index is -3.95. The Morgan fingerprint density at radius 1 is 1.06 bits per heavy atom. The van der Waals surface area contributed by atoms with Gasteiger partial charge in [0.05, 0.1) is 10.6 Å². The average Bonchev–Trinajstić information content (AvgIpc) is 2.77. The number of carbonyl (C=O) groups excluding carboxylic acids is 3. The molecule has 12 heteroatoms.